The fourth-order valence-electron chi connectivity index (χ4n) is 1.76. The van der Waals surface area contributed by atoms with Gasteiger partial charge in [0.1, 0.15) is 4.99 Å². The first-order valence-electron chi connectivity index (χ1n) is 5.49. The number of benzene rings is 1. The topological polar surface area (TPSA) is 60.9 Å². The molecule has 0 spiro atoms. The standard InChI is InChI=1S/C13H13N3OS/c1-9-6-15-13(17)16(7-9)8-10-4-2-3-5-11(10)12(14)18/h2-7H,8H2,1H3,(H2,14,18). The van der Waals surface area contributed by atoms with E-state index in [1.807, 2.05) is 31.2 Å². The smallest absolute Gasteiger partial charge is 0.347 e. The zero-order valence-corrected chi connectivity index (χ0v) is 10.8. The summed E-state index contributed by atoms with van der Waals surface area (Å²) in [6.45, 7) is 2.31. The summed E-state index contributed by atoms with van der Waals surface area (Å²) >= 11 is 5.00. The summed E-state index contributed by atoms with van der Waals surface area (Å²) in [5.74, 6) is 0. The van der Waals surface area contributed by atoms with Crippen LogP contribution >= 0.6 is 12.2 Å². The Morgan fingerprint density at radius 1 is 1.44 bits per heavy atom. The maximum Gasteiger partial charge on any atom is 0.347 e. The molecule has 0 aliphatic heterocycles. The molecule has 0 aliphatic rings. The fourth-order valence-corrected chi connectivity index (χ4v) is 1.96. The van der Waals surface area contributed by atoms with Crippen LogP contribution in [0.15, 0.2) is 41.5 Å². The van der Waals surface area contributed by atoms with Gasteiger partial charge in [0.05, 0.1) is 6.54 Å². The van der Waals surface area contributed by atoms with Crippen LogP contribution < -0.4 is 11.4 Å². The highest BCUT2D eigenvalue weighted by Crippen LogP contribution is 2.09. The molecule has 1 aromatic heterocycles. The molecule has 2 rings (SSSR count). The molecule has 92 valence electrons. The van der Waals surface area contributed by atoms with Crippen LogP contribution in [0.2, 0.25) is 0 Å². The number of hydrogen-bond acceptors (Lipinski definition) is 3. The van der Waals surface area contributed by atoms with Gasteiger partial charge in [0.15, 0.2) is 0 Å². The predicted molar refractivity (Wildman–Crippen MR) is 74.7 cm³/mol. The Labute approximate surface area is 110 Å². The minimum atomic E-state index is -0.279. The summed E-state index contributed by atoms with van der Waals surface area (Å²) in [6, 6.07) is 7.52. The van der Waals surface area contributed by atoms with E-state index in [1.54, 1.807) is 17.0 Å². The Bertz CT molecular complexity index is 649. The van der Waals surface area contributed by atoms with Crippen molar-refractivity contribution >= 4 is 17.2 Å². The number of nitrogens with two attached hydrogens (primary N) is 1. The van der Waals surface area contributed by atoms with Crippen molar-refractivity contribution in [2.24, 2.45) is 5.73 Å². The number of aromatic nitrogens is 2. The maximum atomic E-state index is 11.6. The Morgan fingerprint density at radius 2 is 2.17 bits per heavy atom. The molecule has 0 atom stereocenters. The van der Waals surface area contributed by atoms with Crippen molar-refractivity contribution in [3.05, 3.63) is 63.8 Å². The molecule has 0 unspecified atom stereocenters. The molecule has 18 heavy (non-hydrogen) atoms. The molecule has 1 aromatic carbocycles. The molecule has 4 nitrogen and oxygen atoms in total. The minimum absolute atomic E-state index is 0.279. The third kappa shape index (κ3) is 2.62. The van der Waals surface area contributed by atoms with E-state index in [2.05, 4.69) is 4.98 Å². The number of thiocarbonyl (C=S) groups is 1. The van der Waals surface area contributed by atoms with E-state index >= 15 is 0 Å². The van der Waals surface area contributed by atoms with E-state index in [9.17, 15) is 4.79 Å². The van der Waals surface area contributed by atoms with Crippen LogP contribution in [0.1, 0.15) is 16.7 Å². The number of aryl methyl sites for hydroxylation is 1. The van der Waals surface area contributed by atoms with Crippen LogP contribution in [0.5, 0.6) is 0 Å². The maximum absolute atomic E-state index is 11.6. The zero-order valence-electron chi connectivity index (χ0n) is 9.96. The quantitative estimate of drug-likeness (QED) is 0.842. The number of nitrogens with zero attached hydrogens (tertiary/aromatic N) is 2. The van der Waals surface area contributed by atoms with Crippen molar-refractivity contribution < 1.29 is 0 Å². The van der Waals surface area contributed by atoms with Crippen molar-refractivity contribution in [2.75, 3.05) is 0 Å². The van der Waals surface area contributed by atoms with Gasteiger partial charge in [-0.2, -0.15) is 0 Å². The average Bonchev–Trinajstić information content (AvgIpc) is 2.34. The lowest BCUT2D eigenvalue weighted by Crippen LogP contribution is -2.24. The first-order valence-corrected chi connectivity index (χ1v) is 5.89. The van der Waals surface area contributed by atoms with Crippen LogP contribution in [-0.2, 0) is 6.54 Å². The zero-order chi connectivity index (χ0) is 13.1. The Balaban J connectivity index is 2.43. The highest BCUT2D eigenvalue weighted by molar-refractivity contribution is 7.80. The van der Waals surface area contributed by atoms with Gasteiger partial charge in [-0.1, -0.05) is 36.5 Å². The molecule has 0 amide bonds. The number of rotatable bonds is 3. The van der Waals surface area contributed by atoms with Gasteiger partial charge in [-0.15, -0.1) is 0 Å². The normalized spacial score (nSPS) is 10.3. The van der Waals surface area contributed by atoms with Crippen molar-refractivity contribution in [2.45, 2.75) is 13.5 Å². The fraction of sp³-hybridized carbons (Fsp3) is 0.154. The second-order valence-electron chi connectivity index (χ2n) is 4.06. The molecule has 1 heterocycles. The summed E-state index contributed by atoms with van der Waals surface area (Å²) in [5.41, 5.74) is 8.03. The minimum Gasteiger partial charge on any atom is -0.389 e. The van der Waals surface area contributed by atoms with Crippen LogP contribution in [-0.4, -0.2) is 14.5 Å². The molecule has 0 aliphatic carbocycles. The van der Waals surface area contributed by atoms with Crippen molar-refractivity contribution in [1.29, 1.82) is 0 Å². The molecule has 2 N–H and O–H groups in total. The largest absolute Gasteiger partial charge is 0.389 e. The molecule has 0 bridgehead atoms. The SMILES string of the molecule is Cc1cnc(=O)n(Cc2ccccc2C(N)=S)c1. The molecular formula is C13H13N3OS. The van der Waals surface area contributed by atoms with Gasteiger partial charge in [0.2, 0.25) is 0 Å². The second kappa shape index (κ2) is 5.10. The summed E-state index contributed by atoms with van der Waals surface area (Å²) in [7, 11) is 0. The van der Waals surface area contributed by atoms with Gasteiger partial charge in [0.25, 0.3) is 0 Å². The Hall–Kier alpha value is -2.01. The van der Waals surface area contributed by atoms with Crippen LogP contribution in [0.3, 0.4) is 0 Å². The molecular weight excluding hydrogens is 246 g/mol. The van der Waals surface area contributed by atoms with Crippen molar-refractivity contribution in [3.63, 3.8) is 0 Å². The van der Waals surface area contributed by atoms with E-state index in [1.165, 1.54) is 0 Å². The molecule has 0 saturated heterocycles. The summed E-state index contributed by atoms with van der Waals surface area (Å²) in [5, 5.41) is 0. The van der Waals surface area contributed by atoms with E-state index in [0.29, 0.717) is 11.5 Å². The molecule has 0 fully saturated rings. The summed E-state index contributed by atoms with van der Waals surface area (Å²) in [6.07, 6.45) is 3.32. The lowest BCUT2D eigenvalue weighted by molar-refractivity contribution is 0.720. The third-order valence-corrected chi connectivity index (χ3v) is 2.83. The predicted octanol–water partition coefficient (Wildman–Crippen LogP) is 1.23. The van der Waals surface area contributed by atoms with Gasteiger partial charge in [0, 0.05) is 18.0 Å². The first-order chi connectivity index (χ1) is 8.58. The van der Waals surface area contributed by atoms with Crippen LogP contribution in [0, 0.1) is 6.92 Å². The van der Waals surface area contributed by atoms with Gasteiger partial charge in [-0.3, -0.25) is 4.57 Å². The summed E-state index contributed by atoms with van der Waals surface area (Å²) < 4.78 is 1.55. The van der Waals surface area contributed by atoms with Gasteiger partial charge >= 0.3 is 5.69 Å². The van der Waals surface area contributed by atoms with E-state index in [-0.39, 0.29) is 5.69 Å². The molecule has 0 saturated carbocycles. The van der Waals surface area contributed by atoms with Crippen LogP contribution in [0.25, 0.3) is 0 Å². The van der Waals surface area contributed by atoms with E-state index < -0.39 is 0 Å². The monoisotopic (exact) mass is 259 g/mol. The van der Waals surface area contributed by atoms with E-state index in [0.717, 1.165) is 16.7 Å². The van der Waals surface area contributed by atoms with Gasteiger partial charge in [-0.05, 0) is 18.1 Å². The Morgan fingerprint density at radius 3 is 2.89 bits per heavy atom. The van der Waals surface area contributed by atoms with Crippen LogP contribution in [0.4, 0.5) is 0 Å². The van der Waals surface area contributed by atoms with Crippen molar-refractivity contribution in [3.8, 4) is 0 Å². The van der Waals surface area contributed by atoms with Crippen molar-refractivity contribution in [1.82, 2.24) is 9.55 Å². The lowest BCUT2D eigenvalue weighted by Gasteiger charge is -2.10. The second-order valence-corrected chi connectivity index (χ2v) is 4.50. The molecule has 2 aromatic rings. The highest BCUT2D eigenvalue weighted by atomic mass is 32.1. The molecule has 0 radical (unpaired) electrons. The summed E-state index contributed by atoms with van der Waals surface area (Å²) in [4.78, 5) is 15.8. The average molecular weight is 259 g/mol. The lowest BCUT2D eigenvalue weighted by atomic mass is 10.1. The number of hydrogen-bond donors (Lipinski definition) is 1. The first kappa shape index (κ1) is 12.4. The van der Waals surface area contributed by atoms with Gasteiger partial charge in [-0.25, -0.2) is 9.78 Å². The highest BCUT2D eigenvalue weighted by Gasteiger charge is 2.06. The Kier molecular flexibility index (Phi) is 3.53. The van der Waals surface area contributed by atoms with E-state index in [4.69, 9.17) is 18.0 Å². The molecule has 5 heteroatoms. The van der Waals surface area contributed by atoms with Gasteiger partial charge < -0.3 is 5.73 Å². The third-order valence-electron chi connectivity index (χ3n) is 2.61.